The second-order valence-electron chi connectivity index (χ2n) is 32.8. The molecule has 4 heterocycles. The first-order chi connectivity index (χ1) is 47.3. The number of piperidine rings is 4. The summed E-state index contributed by atoms with van der Waals surface area (Å²) in [6.45, 7) is 16.1. The van der Waals surface area contributed by atoms with E-state index in [-0.39, 0.29) is 11.6 Å². The van der Waals surface area contributed by atoms with Gasteiger partial charge in [-0.05, 0) is 358 Å². The number of methoxy groups -OCH3 is 3. The summed E-state index contributed by atoms with van der Waals surface area (Å²) >= 11 is 0. The number of ether oxygens (including phenoxy) is 3. The van der Waals surface area contributed by atoms with Crippen molar-refractivity contribution in [3.8, 4) is 28.4 Å². The lowest BCUT2D eigenvalue weighted by Crippen LogP contribution is -2.43. The third kappa shape index (κ3) is 15.5. The minimum absolute atomic E-state index is 0.00845. The van der Waals surface area contributed by atoms with E-state index < -0.39 is 9.84 Å². The number of halogens is 1. The predicted octanol–water partition coefficient (Wildman–Crippen LogP) is 18.7. The molecule has 0 spiro atoms. The Morgan fingerprint density at radius 3 is 1.18 bits per heavy atom. The number of hydrogen-bond donors (Lipinski definition) is 0. The smallest absolute Gasteiger partial charge is 0.178 e. The Morgan fingerprint density at radius 2 is 0.804 bits per heavy atom. The van der Waals surface area contributed by atoms with Gasteiger partial charge in [-0.3, -0.25) is 0 Å². The highest BCUT2D eigenvalue weighted by Crippen LogP contribution is 2.52. The Kier molecular flexibility index (Phi) is 22.3. The summed E-state index contributed by atoms with van der Waals surface area (Å²) in [5.41, 5.74) is 10.3. The van der Waals surface area contributed by atoms with Crippen LogP contribution in [0.15, 0.2) is 108 Å². The average Bonchev–Trinajstić information content (AvgIpc) is 1.80. The maximum atomic E-state index is 13.9. The van der Waals surface area contributed by atoms with Crippen molar-refractivity contribution in [3.05, 3.63) is 142 Å². The molecule has 526 valence electrons. The molecule has 2 unspecified atom stereocenters. The fourth-order valence-corrected chi connectivity index (χ4v) is 23.3. The summed E-state index contributed by atoms with van der Waals surface area (Å²) in [4.78, 5) is 11.6. The molecular formula is C86H119FN4O5S. The standard InChI is InChI=1S/C27H35NO3S.C21H31NO.C20H29NO.C18H24FN/c1-3-32(29,30)24-9-6-20(7-10-24)22-8-11-27(31-2)25(18-22)21-12-14-28(15-13-21)26-17-19-4-5-23(26)16-19;1-3-15-5-7-21(23-2)19(13-15)17-8-10-22(11-9-17)20-14-16-4-6-18(20)12-16;1-14-11-18(22-2)5-6-19(14)16-7-9-21(10-8-16)20-13-15-3-4-17(20)12-15;19-17-4-2-1-3-16(17)14-7-9-20(10-8-14)18-12-13-5-6-15(18)11-13/h6-11,18-19,21,23,26H,3-5,12-17H2,1-2H3;5,7,13,16-18,20H,3-4,6,8-12,14H2,1-2H3;5-6,11,15-17,20H,3-4,7-10,12-13H2,1-2H3;1-4,13-15,18H,5-12H2/t19-,23-,26-;16-,18-,20-;15-,17-,20?;13-,15-,18?/m0000/s1. The molecule has 0 radical (unpaired) electrons. The average molecular weight is 1340 g/mol. The van der Waals surface area contributed by atoms with E-state index in [1.807, 2.05) is 31.4 Å². The summed E-state index contributed by atoms with van der Waals surface area (Å²) < 4.78 is 54.9. The van der Waals surface area contributed by atoms with Gasteiger partial charge in [0.15, 0.2) is 9.84 Å². The third-order valence-electron chi connectivity index (χ3n) is 27.8. The van der Waals surface area contributed by atoms with Gasteiger partial charge in [0.1, 0.15) is 23.1 Å². The van der Waals surface area contributed by atoms with Crippen molar-refractivity contribution in [2.45, 2.75) is 234 Å². The van der Waals surface area contributed by atoms with Gasteiger partial charge in [0.25, 0.3) is 0 Å². The Bertz CT molecular complexity index is 3510. The highest BCUT2D eigenvalue weighted by Gasteiger charge is 2.47. The maximum absolute atomic E-state index is 13.9. The Labute approximate surface area is 584 Å². The molecule has 5 aromatic rings. The zero-order chi connectivity index (χ0) is 66.7. The molecule has 4 saturated heterocycles. The number of hydrogen-bond acceptors (Lipinski definition) is 9. The molecule has 8 saturated carbocycles. The highest BCUT2D eigenvalue weighted by molar-refractivity contribution is 7.91. The van der Waals surface area contributed by atoms with Crippen LogP contribution in [0.4, 0.5) is 4.39 Å². The number of benzene rings is 5. The first-order valence-electron chi connectivity index (χ1n) is 39.3. The molecule has 8 bridgehead atoms. The number of sulfone groups is 1. The molecular weight excluding hydrogens is 1220 g/mol. The first-order valence-corrected chi connectivity index (χ1v) is 41.0. The minimum atomic E-state index is -3.17. The largest absolute Gasteiger partial charge is 0.497 e. The second-order valence-corrected chi connectivity index (χ2v) is 35.0. The quantitative estimate of drug-likeness (QED) is 0.102. The minimum Gasteiger partial charge on any atom is -0.497 e. The van der Waals surface area contributed by atoms with Gasteiger partial charge < -0.3 is 33.8 Å². The van der Waals surface area contributed by atoms with Crippen LogP contribution in [0.3, 0.4) is 0 Å². The van der Waals surface area contributed by atoms with Crippen molar-refractivity contribution in [2.75, 3.05) is 79.4 Å². The zero-order valence-electron chi connectivity index (χ0n) is 60.2. The fourth-order valence-electron chi connectivity index (χ4n) is 22.4. The lowest BCUT2D eigenvalue weighted by atomic mass is 9.85. The van der Waals surface area contributed by atoms with Crippen LogP contribution in [-0.4, -0.2) is 132 Å². The molecule has 4 aliphatic heterocycles. The molecule has 0 N–H and O–H groups in total. The summed E-state index contributed by atoms with van der Waals surface area (Å²) in [6, 6.07) is 38.0. The van der Waals surface area contributed by atoms with Crippen molar-refractivity contribution >= 4 is 9.84 Å². The SMILES string of the molecule is CCS(=O)(=O)c1ccc(-c2ccc(OC)c(C3CCN([C@H]4C[C@H]5CC[C@H]4C5)CC3)c2)cc1.CCc1ccc(OC)c(C2CCN([C@H]3C[C@H]4CC[C@H]3C4)CC2)c1.COc1ccc(C2CCN(C3C[C@H]4CC[C@H]3C4)CC2)c(C)c1.Fc1ccccc1C1CCN(C2C[C@H]3CC[C@H]2C3)CC1. The lowest BCUT2D eigenvalue weighted by molar-refractivity contribution is 0.110. The molecule has 17 rings (SSSR count). The Hall–Kier alpha value is -4.78. The number of nitrogens with zero attached hydrogens (tertiary/aromatic N) is 4. The molecule has 8 aliphatic carbocycles. The number of rotatable bonds is 15. The van der Waals surface area contributed by atoms with Crippen molar-refractivity contribution in [1.29, 1.82) is 0 Å². The number of fused-ring (bicyclic) bond motifs is 8. The van der Waals surface area contributed by atoms with E-state index in [1.165, 1.54) is 216 Å². The van der Waals surface area contributed by atoms with Gasteiger partial charge in [-0.2, -0.15) is 0 Å². The van der Waals surface area contributed by atoms with E-state index in [0.717, 1.165) is 131 Å². The molecule has 5 aromatic carbocycles. The van der Waals surface area contributed by atoms with E-state index >= 15 is 0 Å². The normalized spacial score (nSPS) is 30.8. The van der Waals surface area contributed by atoms with Gasteiger partial charge in [0, 0.05) is 24.2 Å². The summed E-state index contributed by atoms with van der Waals surface area (Å²) in [6.07, 6.45) is 34.8. The van der Waals surface area contributed by atoms with E-state index in [1.54, 1.807) is 51.0 Å². The van der Waals surface area contributed by atoms with Crippen LogP contribution >= 0.6 is 0 Å². The zero-order valence-corrected chi connectivity index (χ0v) is 61.0. The predicted molar refractivity (Wildman–Crippen MR) is 394 cm³/mol. The van der Waals surface area contributed by atoms with Crippen LogP contribution < -0.4 is 14.2 Å². The van der Waals surface area contributed by atoms with Crippen LogP contribution in [0, 0.1) is 60.1 Å². The van der Waals surface area contributed by atoms with E-state index in [9.17, 15) is 12.8 Å². The topological polar surface area (TPSA) is 74.8 Å². The van der Waals surface area contributed by atoms with Crippen LogP contribution in [0.1, 0.15) is 225 Å². The van der Waals surface area contributed by atoms with Crippen molar-refractivity contribution in [2.24, 2.45) is 47.3 Å². The van der Waals surface area contributed by atoms with Crippen LogP contribution in [0.25, 0.3) is 11.1 Å². The van der Waals surface area contributed by atoms with Crippen LogP contribution in [0.2, 0.25) is 0 Å². The molecule has 12 fully saturated rings. The fraction of sp³-hybridized carbons (Fsp3) is 0.651. The van der Waals surface area contributed by atoms with Gasteiger partial charge in [-0.25, -0.2) is 12.8 Å². The Balaban J connectivity index is 0.000000113. The molecule has 12 atom stereocenters. The second kappa shape index (κ2) is 31.2. The van der Waals surface area contributed by atoms with Gasteiger partial charge in [-0.15, -0.1) is 0 Å². The maximum Gasteiger partial charge on any atom is 0.178 e. The van der Waals surface area contributed by atoms with Gasteiger partial charge >= 0.3 is 0 Å². The molecule has 9 nitrogen and oxygen atoms in total. The van der Waals surface area contributed by atoms with Crippen molar-refractivity contribution in [1.82, 2.24) is 19.6 Å². The molecule has 97 heavy (non-hydrogen) atoms. The van der Waals surface area contributed by atoms with Gasteiger partial charge in [-0.1, -0.05) is 94.1 Å². The summed E-state index contributed by atoms with van der Waals surface area (Å²) in [7, 11) is 2.15. The summed E-state index contributed by atoms with van der Waals surface area (Å²) in [5, 5.41) is 0. The summed E-state index contributed by atoms with van der Waals surface area (Å²) in [5.74, 6) is 13.7. The molecule has 0 amide bonds. The van der Waals surface area contributed by atoms with Crippen molar-refractivity contribution < 1.29 is 27.0 Å². The lowest BCUT2D eigenvalue weighted by Gasteiger charge is -2.40. The van der Waals surface area contributed by atoms with Gasteiger partial charge in [0.2, 0.25) is 0 Å². The number of likely N-dealkylation sites (tertiary alicyclic amines) is 4. The van der Waals surface area contributed by atoms with E-state index in [4.69, 9.17) is 14.2 Å². The highest BCUT2D eigenvalue weighted by atomic mass is 32.2. The molecule has 12 aliphatic rings. The van der Waals surface area contributed by atoms with E-state index in [0.29, 0.717) is 22.6 Å². The monoisotopic (exact) mass is 1340 g/mol. The van der Waals surface area contributed by atoms with Crippen LogP contribution in [-0.2, 0) is 16.3 Å². The van der Waals surface area contributed by atoms with Gasteiger partial charge in [0.05, 0.1) is 32.0 Å². The van der Waals surface area contributed by atoms with Crippen LogP contribution in [0.5, 0.6) is 17.2 Å². The third-order valence-corrected chi connectivity index (χ3v) is 29.5. The molecule has 11 heteroatoms. The molecule has 0 aromatic heterocycles. The first kappa shape index (κ1) is 69.3. The number of aryl methyl sites for hydroxylation is 2. The van der Waals surface area contributed by atoms with Crippen molar-refractivity contribution in [3.63, 3.8) is 0 Å². The van der Waals surface area contributed by atoms with E-state index in [2.05, 4.69) is 88.0 Å². The Morgan fingerprint density at radius 1 is 0.402 bits per heavy atom.